The van der Waals surface area contributed by atoms with Crippen molar-refractivity contribution in [2.45, 2.75) is 38.7 Å². The Bertz CT molecular complexity index is 1180. The Morgan fingerprint density at radius 1 is 1.25 bits per heavy atom. The molecule has 0 unspecified atom stereocenters. The predicted molar refractivity (Wildman–Crippen MR) is 123 cm³/mol. The smallest absolute Gasteiger partial charge is 0.205 e. The average Bonchev–Trinajstić information content (AvgIpc) is 2.78. The molecule has 164 valence electrons. The van der Waals surface area contributed by atoms with Crippen molar-refractivity contribution in [1.82, 2.24) is 0 Å². The van der Waals surface area contributed by atoms with Crippen LogP contribution in [0, 0.1) is 18.3 Å². The molecule has 0 radical (unpaired) electrons. The first-order valence-electron chi connectivity index (χ1n) is 10.3. The molecule has 1 heterocycles. The third-order valence-corrected chi connectivity index (χ3v) is 6.28. The minimum Gasteiger partial charge on any atom is -0.493 e. The van der Waals surface area contributed by atoms with Gasteiger partial charge in [-0.3, -0.25) is 4.79 Å². The number of nitrogens with two attached hydrogens (primary N) is 1. The zero-order chi connectivity index (χ0) is 22.8. The maximum atomic E-state index is 12.8. The molecular weight excluding hydrogens is 472 g/mol. The molecule has 1 atom stereocenters. The molecule has 0 aromatic heterocycles. The van der Waals surface area contributed by atoms with Crippen LogP contribution in [0.5, 0.6) is 11.5 Å². The quantitative estimate of drug-likeness (QED) is 0.616. The van der Waals surface area contributed by atoms with Crippen molar-refractivity contribution in [2.24, 2.45) is 5.73 Å². The molecule has 6 nitrogen and oxygen atoms in total. The Morgan fingerprint density at radius 3 is 2.69 bits per heavy atom. The fourth-order valence-corrected chi connectivity index (χ4v) is 4.65. The summed E-state index contributed by atoms with van der Waals surface area (Å²) >= 11 is 3.58. The number of rotatable bonds is 5. The third kappa shape index (κ3) is 4.11. The summed E-state index contributed by atoms with van der Waals surface area (Å²) in [7, 11) is 1.56. The molecule has 2 aliphatic rings. The third-order valence-electron chi connectivity index (χ3n) is 5.69. The summed E-state index contributed by atoms with van der Waals surface area (Å²) < 4.78 is 18.0. The fraction of sp³-hybridized carbons (Fsp3) is 0.280. The minimum absolute atomic E-state index is 0.0220. The van der Waals surface area contributed by atoms with Crippen molar-refractivity contribution in [1.29, 1.82) is 5.26 Å². The molecule has 2 aromatic rings. The number of ether oxygens (including phenoxy) is 3. The number of benzene rings is 2. The lowest BCUT2D eigenvalue weighted by molar-refractivity contribution is -0.116. The summed E-state index contributed by atoms with van der Waals surface area (Å²) in [6.07, 6.45) is 1.75. The van der Waals surface area contributed by atoms with Gasteiger partial charge >= 0.3 is 0 Å². The number of carbonyl (C=O) groups excluding carboxylic acids is 1. The van der Waals surface area contributed by atoms with Crippen LogP contribution in [0.3, 0.4) is 0 Å². The van der Waals surface area contributed by atoms with Crippen molar-refractivity contribution < 1.29 is 19.0 Å². The van der Waals surface area contributed by atoms with Crippen molar-refractivity contribution in [2.75, 3.05) is 7.11 Å². The molecule has 7 heteroatoms. The van der Waals surface area contributed by atoms with Crippen LogP contribution in [0.15, 0.2) is 63.7 Å². The van der Waals surface area contributed by atoms with Crippen LogP contribution in [0.4, 0.5) is 0 Å². The summed E-state index contributed by atoms with van der Waals surface area (Å²) in [5.41, 5.74) is 9.70. The van der Waals surface area contributed by atoms with E-state index in [-0.39, 0.29) is 17.2 Å². The number of nitrogens with zero attached hydrogens (tertiary/aromatic N) is 1. The number of nitriles is 1. The topological polar surface area (TPSA) is 94.6 Å². The Balaban J connectivity index is 1.73. The summed E-state index contributed by atoms with van der Waals surface area (Å²) in [6, 6.07) is 13.9. The number of allylic oxidation sites excluding steroid dienone is 3. The number of hydrogen-bond acceptors (Lipinski definition) is 6. The van der Waals surface area contributed by atoms with Gasteiger partial charge in [-0.15, -0.1) is 0 Å². The number of ketones is 1. The van der Waals surface area contributed by atoms with Crippen molar-refractivity contribution in [3.05, 3.63) is 80.3 Å². The molecule has 0 saturated carbocycles. The number of carbonyl (C=O) groups is 1. The van der Waals surface area contributed by atoms with Gasteiger partial charge in [0.25, 0.3) is 0 Å². The van der Waals surface area contributed by atoms with Crippen LogP contribution in [0.2, 0.25) is 0 Å². The van der Waals surface area contributed by atoms with E-state index in [4.69, 9.17) is 19.9 Å². The highest BCUT2D eigenvalue weighted by Gasteiger charge is 2.38. The first-order valence-corrected chi connectivity index (χ1v) is 11.1. The SMILES string of the molecule is COc1cc([C@@H]2C(C#N)=C(N)OC3=C2C(=O)CCC3)cc(Br)c1OCc1ccc(C)cc1. The molecule has 0 saturated heterocycles. The second-order valence-electron chi connectivity index (χ2n) is 7.85. The van der Waals surface area contributed by atoms with Crippen LogP contribution < -0.4 is 15.2 Å². The van der Waals surface area contributed by atoms with Crippen LogP contribution in [0.1, 0.15) is 41.9 Å². The number of Topliss-reactive ketones (excluding diaryl/α,β-unsaturated/α-hetero) is 1. The van der Waals surface area contributed by atoms with Crippen LogP contribution >= 0.6 is 15.9 Å². The summed E-state index contributed by atoms with van der Waals surface area (Å²) in [6.45, 7) is 2.41. The number of hydrogen-bond donors (Lipinski definition) is 1. The van der Waals surface area contributed by atoms with Gasteiger partial charge in [0.1, 0.15) is 24.0 Å². The molecule has 4 rings (SSSR count). The molecule has 2 aromatic carbocycles. The number of halogens is 1. The molecule has 0 amide bonds. The van der Waals surface area contributed by atoms with E-state index in [2.05, 4.69) is 22.0 Å². The summed E-state index contributed by atoms with van der Waals surface area (Å²) in [4.78, 5) is 12.8. The number of aryl methyl sites for hydroxylation is 1. The van der Waals surface area contributed by atoms with E-state index in [1.807, 2.05) is 37.3 Å². The molecule has 32 heavy (non-hydrogen) atoms. The van der Waals surface area contributed by atoms with Gasteiger partial charge in [0.05, 0.1) is 17.5 Å². The monoisotopic (exact) mass is 494 g/mol. The molecule has 0 bridgehead atoms. The Labute approximate surface area is 195 Å². The molecule has 0 fully saturated rings. The second-order valence-corrected chi connectivity index (χ2v) is 8.70. The Hall–Kier alpha value is -3.24. The van der Waals surface area contributed by atoms with E-state index in [1.165, 1.54) is 5.56 Å². The van der Waals surface area contributed by atoms with Gasteiger partial charge in [0.2, 0.25) is 5.88 Å². The standard InChI is InChI=1S/C25H23BrN2O4/c1-14-6-8-15(9-7-14)13-31-24-18(26)10-16(11-21(24)30-2)22-17(12-27)25(28)32-20-5-3-4-19(29)23(20)22/h6-11,22H,3-5,13,28H2,1-2H3/t22-/m1/s1. The average molecular weight is 495 g/mol. The van der Waals surface area contributed by atoms with E-state index in [0.29, 0.717) is 58.7 Å². The first-order chi connectivity index (χ1) is 15.4. The van der Waals surface area contributed by atoms with E-state index < -0.39 is 5.92 Å². The maximum absolute atomic E-state index is 12.8. The normalized spacial score (nSPS) is 18.1. The van der Waals surface area contributed by atoms with Gasteiger partial charge in [-0.1, -0.05) is 29.8 Å². The van der Waals surface area contributed by atoms with Crippen LogP contribution in [-0.4, -0.2) is 12.9 Å². The molecule has 2 N–H and O–H groups in total. The van der Waals surface area contributed by atoms with Gasteiger partial charge in [0, 0.05) is 18.4 Å². The Kier molecular flexibility index (Phi) is 6.24. The fourth-order valence-electron chi connectivity index (χ4n) is 4.08. The van der Waals surface area contributed by atoms with Gasteiger partial charge in [-0.05, 0) is 52.5 Å². The molecular formula is C25H23BrN2O4. The summed E-state index contributed by atoms with van der Waals surface area (Å²) in [5, 5.41) is 9.78. The zero-order valence-electron chi connectivity index (χ0n) is 17.9. The van der Waals surface area contributed by atoms with Crippen molar-refractivity contribution in [3.8, 4) is 17.6 Å². The van der Waals surface area contributed by atoms with E-state index in [0.717, 1.165) is 5.56 Å². The Morgan fingerprint density at radius 2 is 2.00 bits per heavy atom. The summed E-state index contributed by atoms with van der Waals surface area (Å²) in [5.74, 6) is 1.01. The van der Waals surface area contributed by atoms with Gasteiger partial charge in [-0.25, -0.2) is 0 Å². The van der Waals surface area contributed by atoms with E-state index in [9.17, 15) is 10.1 Å². The first kappa shape index (κ1) is 22.0. The lowest BCUT2D eigenvalue weighted by atomic mass is 9.77. The molecule has 0 spiro atoms. The number of methoxy groups -OCH3 is 1. The van der Waals surface area contributed by atoms with E-state index in [1.54, 1.807) is 13.2 Å². The highest BCUT2D eigenvalue weighted by atomic mass is 79.9. The maximum Gasteiger partial charge on any atom is 0.205 e. The zero-order valence-corrected chi connectivity index (χ0v) is 19.5. The van der Waals surface area contributed by atoms with Gasteiger partial charge in [0.15, 0.2) is 17.3 Å². The predicted octanol–water partition coefficient (Wildman–Crippen LogP) is 5.16. The van der Waals surface area contributed by atoms with Crippen molar-refractivity contribution >= 4 is 21.7 Å². The minimum atomic E-state index is -0.604. The van der Waals surface area contributed by atoms with Crippen LogP contribution in [0.25, 0.3) is 0 Å². The molecule has 1 aliphatic heterocycles. The lowest BCUT2D eigenvalue weighted by Gasteiger charge is -2.31. The van der Waals surface area contributed by atoms with Gasteiger partial charge < -0.3 is 19.9 Å². The molecule has 1 aliphatic carbocycles. The highest BCUT2D eigenvalue weighted by Crippen LogP contribution is 2.47. The van der Waals surface area contributed by atoms with Crippen molar-refractivity contribution in [3.63, 3.8) is 0 Å². The van der Waals surface area contributed by atoms with Crippen LogP contribution in [-0.2, 0) is 16.1 Å². The van der Waals surface area contributed by atoms with E-state index >= 15 is 0 Å². The second kappa shape index (κ2) is 9.09. The lowest BCUT2D eigenvalue weighted by Crippen LogP contribution is -2.27. The van der Waals surface area contributed by atoms with Gasteiger partial charge in [-0.2, -0.15) is 5.26 Å². The largest absolute Gasteiger partial charge is 0.493 e. The highest BCUT2D eigenvalue weighted by molar-refractivity contribution is 9.10.